The lowest BCUT2D eigenvalue weighted by Gasteiger charge is -2.13. The maximum absolute atomic E-state index is 11.2. The molecule has 1 atom stereocenters. The monoisotopic (exact) mass is 255 g/mol. The van der Waals surface area contributed by atoms with Crippen LogP contribution in [0.4, 0.5) is 4.79 Å². The van der Waals surface area contributed by atoms with E-state index < -0.39 is 22.3 Å². The molecule has 0 radical (unpaired) electrons. The molecule has 9 heteroatoms. The van der Waals surface area contributed by atoms with E-state index in [-0.39, 0.29) is 11.4 Å². The van der Waals surface area contributed by atoms with Crippen LogP contribution in [-0.4, -0.2) is 32.7 Å². The summed E-state index contributed by atoms with van der Waals surface area (Å²) < 4.78 is 30.3. The van der Waals surface area contributed by atoms with Gasteiger partial charge >= 0.3 is 16.3 Å². The average molecular weight is 255 g/mol. The van der Waals surface area contributed by atoms with Gasteiger partial charge in [0.1, 0.15) is 0 Å². The van der Waals surface area contributed by atoms with Gasteiger partial charge in [0.2, 0.25) is 0 Å². The van der Waals surface area contributed by atoms with Crippen molar-refractivity contribution in [2.24, 2.45) is 5.73 Å². The van der Waals surface area contributed by atoms with Gasteiger partial charge in [0.15, 0.2) is 0 Å². The molecule has 0 bridgehead atoms. The van der Waals surface area contributed by atoms with E-state index in [0.717, 1.165) is 7.11 Å². The molecule has 0 heterocycles. The summed E-state index contributed by atoms with van der Waals surface area (Å²) in [4.78, 5) is 10.8. The number of hydrogen-bond acceptors (Lipinski definition) is 5. The van der Waals surface area contributed by atoms with Gasteiger partial charge < -0.3 is 10.5 Å². The van der Waals surface area contributed by atoms with Crippen molar-refractivity contribution in [3.63, 3.8) is 0 Å². The van der Waals surface area contributed by atoms with Crippen molar-refractivity contribution < 1.29 is 17.9 Å². The Labute approximate surface area is 93.5 Å². The first kappa shape index (κ1) is 14.1. The van der Waals surface area contributed by atoms with E-state index >= 15 is 0 Å². The van der Waals surface area contributed by atoms with E-state index in [2.05, 4.69) is 21.7 Å². The quantitative estimate of drug-likeness (QED) is 0.557. The highest BCUT2D eigenvalue weighted by atomic mass is 32.2. The number of hydrogen-bond donors (Lipinski definition) is 3. The lowest BCUT2D eigenvalue weighted by Crippen LogP contribution is -2.45. The Kier molecular flexibility index (Phi) is 5.47. The normalized spacial score (nSPS) is 12.9. The minimum absolute atomic E-state index is 0.184. The summed E-state index contributed by atoms with van der Waals surface area (Å²) in [6.45, 7) is 1.57. The molecule has 15 heavy (non-hydrogen) atoms. The van der Waals surface area contributed by atoms with Crippen molar-refractivity contribution in [3.05, 3.63) is 0 Å². The highest BCUT2D eigenvalue weighted by molar-refractivity contribution is 7.88. The molecule has 0 spiro atoms. The Hall–Kier alpha value is -0.930. The molecular weight excluding hydrogens is 242 g/mol. The molecule has 0 aliphatic heterocycles. The van der Waals surface area contributed by atoms with Gasteiger partial charge in [-0.1, -0.05) is 12.2 Å². The highest BCUT2D eigenvalue weighted by Crippen LogP contribution is 1.93. The zero-order valence-corrected chi connectivity index (χ0v) is 9.94. The Morgan fingerprint density at radius 2 is 2.13 bits per heavy atom. The van der Waals surface area contributed by atoms with E-state index in [1.165, 1.54) is 0 Å². The minimum atomic E-state index is -3.93. The number of ether oxygens (including phenoxy) is 1. The molecule has 1 amide bonds. The SMILES string of the molecule is COC(=O)NS(=O)(=O)NC(C)CC(N)=S. The number of thiocarbonyl (C=S) groups is 1. The first-order valence-electron chi connectivity index (χ1n) is 3.93. The predicted molar refractivity (Wildman–Crippen MR) is 58.5 cm³/mol. The summed E-state index contributed by atoms with van der Waals surface area (Å²) in [5.41, 5.74) is 5.22. The van der Waals surface area contributed by atoms with E-state index in [1.807, 2.05) is 0 Å². The number of carbonyl (C=O) groups excluding carboxylic acids is 1. The van der Waals surface area contributed by atoms with Crippen molar-refractivity contribution in [1.29, 1.82) is 0 Å². The van der Waals surface area contributed by atoms with Crippen LogP contribution in [0, 0.1) is 0 Å². The molecule has 1 unspecified atom stereocenters. The molecular formula is C6H13N3O4S2. The maximum Gasteiger partial charge on any atom is 0.421 e. The van der Waals surface area contributed by atoms with Gasteiger partial charge in [-0.25, -0.2) is 9.52 Å². The molecule has 0 aliphatic rings. The summed E-state index contributed by atoms with van der Waals surface area (Å²) in [6, 6.07) is -0.496. The maximum atomic E-state index is 11.2. The Bertz CT molecular complexity index is 340. The third-order valence-corrected chi connectivity index (χ3v) is 2.58. The van der Waals surface area contributed by atoms with Crippen molar-refractivity contribution in [3.8, 4) is 0 Å². The molecule has 0 rings (SSSR count). The van der Waals surface area contributed by atoms with Crippen LogP contribution in [0.2, 0.25) is 0 Å². The molecule has 0 saturated heterocycles. The zero-order valence-electron chi connectivity index (χ0n) is 8.31. The molecule has 7 nitrogen and oxygen atoms in total. The fraction of sp³-hybridized carbons (Fsp3) is 0.667. The van der Waals surface area contributed by atoms with E-state index in [9.17, 15) is 13.2 Å². The molecule has 0 saturated carbocycles. The Morgan fingerprint density at radius 1 is 1.60 bits per heavy atom. The Morgan fingerprint density at radius 3 is 2.53 bits per heavy atom. The standard InChI is InChI=1S/C6H13N3O4S2/c1-4(3-5(7)14)8-15(11,12)9-6(10)13-2/h4,8H,3H2,1-2H3,(H2,7,14)(H,9,10). The second-order valence-electron chi connectivity index (χ2n) is 2.79. The third kappa shape index (κ3) is 7.05. The topological polar surface area (TPSA) is 111 Å². The summed E-state index contributed by atoms with van der Waals surface area (Å²) in [5.74, 6) is 0. The molecule has 88 valence electrons. The largest absolute Gasteiger partial charge is 0.452 e. The van der Waals surface area contributed by atoms with Crippen LogP contribution in [0.1, 0.15) is 13.3 Å². The predicted octanol–water partition coefficient (Wildman–Crippen LogP) is -0.758. The van der Waals surface area contributed by atoms with Crippen molar-refractivity contribution >= 4 is 33.5 Å². The third-order valence-electron chi connectivity index (χ3n) is 1.27. The van der Waals surface area contributed by atoms with Crippen molar-refractivity contribution in [2.45, 2.75) is 19.4 Å². The van der Waals surface area contributed by atoms with E-state index in [1.54, 1.807) is 11.6 Å². The van der Waals surface area contributed by atoms with E-state index in [4.69, 9.17) is 5.73 Å². The Balaban J connectivity index is 4.26. The van der Waals surface area contributed by atoms with Crippen molar-refractivity contribution in [1.82, 2.24) is 9.44 Å². The van der Waals surface area contributed by atoms with Gasteiger partial charge in [0.25, 0.3) is 0 Å². The van der Waals surface area contributed by atoms with Crippen LogP contribution in [-0.2, 0) is 14.9 Å². The summed E-state index contributed by atoms with van der Waals surface area (Å²) in [7, 11) is -2.87. The first-order valence-corrected chi connectivity index (χ1v) is 5.82. The molecule has 4 N–H and O–H groups in total. The molecule has 0 aromatic rings. The number of rotatable bonds is 5. The number of nitrogens with two attached hydrogens (primary N) is 1. The summed E-state index contributed by atoms with van der Waals surface area (Å²) >= 11 is 4.60. The van der Waals surface area contributed by atoms with Gasteiger partial charge in [0, 0.05) is 12.5 Å². The lowest BCUT2D eigenvalue weighted by molar-refractivity contribution is 0.177. The van der Waals surface area contributed by atoms with Crippen LogP contribution in [0.3, 0.4) is 0 Å². The molecule has 0 fully saturated rings. The number of nitrogens with one attached hydrogen (secondary N) is 2. The van der Waals surface area contributed by atoms with Crippen LogP contribution < -0.4 is 15.2 Å². The first-order chi connectivity index (χ1) is 6.76. The van der Waals surface area contributed by atoms with Crippen LogP contribution in [0.15, 0.2) is 0 Å². The molecule has 0 aromatic carbocycles. The molecule has 0 aliphatic carbocycles. The minimum Gasteiger partial charge on any atom is -0.452 e. The smallest absolute Gasteiger partial charge is 0.421 e. The summed E-state index contributed by atoms with van der Waals surface area (Å²) in [5, 5.41) is 0. The van der Waals surface area contributed by atoms with Crippen LogP contribution in [0.25, 0.3) is 0 Å². The summed E-state index contributed by atoms with van der Waals surface area (Å²) in [6.07, 6.45) is -0.859. The second-order valence-corrected chi connectivity index (χ2v) is 4.76. The van der Waals surface area contributed by atoms with Gasteiger partial charge in [-0.15, -0.1) is 0 Å². The van der Waals surface area contributed by atoms with Crippen LogP contribution >= 0.6 is 12.2 Å². The number of methoxy groups -OCH3 is 1. The molecule has 0 aromatic heterocycles. The highest BCUT2D eigenvalue weighted by Gasteiger charge is 2.17. The fourth-order valence-corrected chi connectivity index (χ4v) is 2.01. The van der Waals surface area contributed by atoms with Crippen molar-refractivity contribution in [2.75, 3.05) is 7.11 Å². The van der Waals surface area contributed by atoms with Gasteiger partial charge in [0.05, 0.1) is 12.1 Å². The fourth-order valence-electron chi connectivity index (χ4n) is 0.789. The van der Waals surface area contributed by atoms with E-state index in [0.29, 0.717) is 0 Å². The zero-order chi connectivity index (χ0) is 12.1. The van der Waals surface area contributed by atoms with Crippen LogP contribution in [0.5, 0.6) is 0 Å². The van der Waals surface area contributed by atoms with Gasteiger partial charge in [-0.05, 0) is 6.92 Å². The van der Waals surface area contributed by atoms with Gasteiger partial charge in [-0.2, -0.15) is 13.1 Å². The second kappa shape index (κ2) is 5.83. The number of carbonyl (C=O) groups is 1. The lowest BCUT2D eigenvalue weighted by atomic mass is 10.3. The number of amides is 1. The average Bonchev–Trinajstić information content (AvgIpc) is 1.99. The van der Waals surface area contributed by atoms with Gasteiger partial charge in [-0.3, -0.25) is 0 Å².